The minimum absolute atomic E-state index is 0.345. The number of nitrogens with zero attached hydrogens (tertiary/aromatic N) is 1. The minimum Gasteiger partial charge on any atom is -0.387 e. The Morgan fingerprint density at radius 1 is 1.00 bits per heavy atom. The standard InChI is InChI=1S/C16H27NO/c1-2-16(18)10-17(11-16)9-15-6-12-3-13(7-15)5-14(4-12)8-15/h12-14,18H,2-11H2,1H3. The fourth-order valence-corrected chi connectivity index (χ4v) is 6.08. The van der Waals surface area contributed by atoms with Crippen molar-refractivity contribution in [1.82, 2.24) is 4.90 Å². The lowest BCUT2D eigenvalue weighted by Gasteiger charge is -2.60. The number of hydrogen-bond acceptors (Lipinski definition) is 2. The van der Waals surface area contributed by atoms with E-state index in [-0.39, 0.29) is 5.60 Å². The van der Waals surface area contributed by atoms with E-state index in [1.807, 2.05) is 0 Å². The molecule has 18 heavy (non-hydrogen) atoms. The molecule has 0 spiro atoms. The second-order valence-electron chi connectivity index (χ2n) is 8.14. The van der Waals surface area contributed by atoms with E-state index in [1.165, 1.54) is 45.1 Å². The first kappa shape index (κ1) is 11.7. The topological polar surface area (TPSA) is 23.5 Å². The summed E-state index contributed by atoms with van der Waals surface area (Å²) in [6, 6.07) is 0. The molecule has 0 radical (unpaired) electrons. The predicted octanol–water partition coefficient (Wildman–Crippen LogP) is 2.66. The van der Waals surface area contributed by atoms with Crippen molar-refractivity contribution < 1.29 is 5.11 Å². The van der Waals surface area contributed by atoms with Crippen LogP contribution in [-0.4, -0.2) is 35.2 Å². The van der Waals surface area contributed by atoms with Gasteiger partial charge in [-0.05, 0) is 68.1 Å². The molecule has 0 aromatic rings. The van der Waals surface area contributed by atoms with E-state index in [1.54, 1.807) is 0 Å². The Morgan fingerprint density at radius 3 is 1.94 bits per heavy atom. The first-order valence-corrected chi connectivity index (χ1v) is 8.03. The SMILES string of the molecule is CCC1(O)CN(CC23CC4CC(CC(C4)C2)C3)C1. The Morgan fingerprint density at radius 2 is 1.50 bits per heavy atom. The van der Waals surface area contributed by atoms with Crippen LogP contribution in [0, 0.1) is 23.2 Å². The molecular formula is C16H27NO. The second kappa shape index (κ2) is 3.73. The molecule has 5 rings (SSSR count). The van der Waals surface area contributed by atoms with Gasteiger partial charge in [-0.3, -0.25) is 4.90 Å². The summed E-state index contributed by atoms with van der Waals surface area (Å²) < 4.78 is 0. The lowest BCUT2D eigenvalue weighted by Crippen LogP contribution is -2.64. The first-order chi connectivity index (χ1) is 8.58. The van der Waals surface area contributed by atoms with Crippen LogP contribution in [0.4, 0.5) is 0 Å². The van der Waals surface area contributed by atoms with E-state index in [9.17, 15) is 5.11 Å². The van der Waals surface area contributed by atoms with Gasteiger partial charge in [0.05, 0.1) is 5.60 Å². The highest BCUT2D eigenvalue weighted by Gasteiger charge is 2.53. The highest BCUT2D eigenvalue weighted by molar-refractivity contribution is 5.05. The summed E-state index contributed by atoms with van der Waals surface area (Å²) in [6.45, 7) is 5.28. The molecule has 0 unspecified atom stereocenters. The Kier molecular flexibility index (Phi) is 2.43. The van der Waals surface area contributed by atoms with Crippen LogP contribution in [0.3, 0.4) is 0 Å². The van der Waals surface area contributed by atoms with Gasteiger partial charge in [0, 0.05) is 19.6 Å². The molecule has 1 heterocycles. The second-order valence-corrected chi connectivity index (χ2v) is 8.14. The maximum Gasteiger partial charge on any atom is 0.0897 e. The molecule has 2 heteroatoms. The van der Waals surface area contributed by atoms with Crippen molar-refractivity contribution in [3.8, 4) is 0 Å². The maximum atomic E-state index is 10.2. The van der Waals surface area contributed by atoms with Crippen LogP contribution in [0.2, 0.25) is 0 Å². The predicted molar refractivity (Wildman–Crippen MR) is 72.3 cm³/mol. The zero-order valence-corrected chi connectivity index (χ0v) is 11.7. The molecule has 1 saturated heterocycles. The highest BCUT2D eigenvalue weighted by Crippen LogP contribution is 2.60. The molecule has 2 nitrogen and oxygen atoms in total. The Hall–Kier alpha value is -0.0800. The van der Waals surface area contributed by atoms with E-state index in [4.69, 9.17) is 0 Å². The molecule has 4 aliphatic carbocycles. The molecule has 1 aliphatic heterocycles. The summed E-state index contributed by atoms with van der Waals surface area (Å²) in [5, 5.41) is 10.2. The monoisotopic (exact) mass is 249 g/mol. The molecule has 0 aromatic carbocycles. The van der Waals surface area contributed by atoms with Crippen LogP contribution >= 0.6 is 0 Å². The van der Waals surface area contributed by atoms with Gasteiger partial charge in [0.1, 0.15) is 0 Å². The fraction of sp³-hybridized carbons (Fsp3) is 1.00. The smallest absolute Gasteiger partial charge is 0.0897 e. The summed E-state index contributed by atoms with van der Waals surface area (Å²) in [6.07, 6.45) is 10.0. The van der Waals surface area contributed by atoms with E-state index >= 15 is 0 Å². The molecule has 4 bridgehead atoms. The van der Waals surface area contributed by atoms with Crippen molar-refractivity contribution in [2.45, 2.75) is 57.5 Å². The van der Waals surface area contributed by atoms with E-state index in [0.29, 0.717) is 5.41 Å². The number of hydrogen-bond donors (Lipinski definition) is 1. The van der Waals surface area contributed by atoms with E-state index < -0.39 is 0 Å². The number of likely N-dealkylation sites (tertiary alicyclic amines) is 1. The molecule has 0 atom stereocenters. The van der Waals surface area contributed by atoms with Gasteiger partial charge in [0.15, 0.2) is 0 Å². The van der Waals surface area contributed by atoms with Gasteiger partial charge in [0.25, 0.3) is 0 Å². The van der Waals surface area contributed by atoms with Crippen molar-refractivity contribution in [1.29, 1.82) is 0 Å². The average molecular weight is 249 g/mol. The summed E-state index contributed by atoms with van der Waals surface area (Å²) >= 11 is 0. The lowest BCUT2D eigenvalue weighted by molar-refractivity contribution is -0.138. The molecule has 5 aliphatic rings. The van der Waals surface area contributed by atoms with Crippen molar-refractivity contribution in [2.24, 2.45) is 23.2 Å². The Balaban J connectivity index is 1.43. The van der Waals surface area contributed by atoms with Gasteiger partial charge < -0.3 is 5.11 Å². The van der Waals surface area contributed by atoms with Gasteiger partial charge in [-0.2, -0.15) is 0 Å². The Bertz CT molecular complexity index is 310. The minimum atomic E-state index is -0.345. The van der Waals surface area contributed by atoms with Crippen LogP contribution in [0.1, 0.15) is 51.9 Å². The molecular weight excluding hydrogens is 222 g/mol. The van der Waals surface area contributed by atoms with Gasteiger partial charge >= 0.3 is 0 Å². The van der Waals surface area contributed by atoms with Gasteiger partial charge in [-0.15, -0.1) is 0 Å². The molecule has 5 fully saturated rings. The van der Waals surface area contributed by atoms with Crippen molar-refractivity contribution in [3.63, 3.8) is 0 Å². The zero-order valence-electron chi connectivity index (χ0n) is 11.7. The third kappa shape index (κ3) is 1.76. The summed E-state index contributed by atoms with van der Waals surface area (Å²) in [5.41, 5.74) is 0.312. The molecule has 4 saturated carbocycles. The summed E-state index contributed by atoms with van der Waals surface area (Å²) in [4.78, 5) is 2.54. The summed E-state index contributed by atoms with van der Waals surface area (Å²) in [7, 11) is 0. The van der Waals surface area contributed by atoms with Gasteiger partial charge in [0.2, 0.25) is 0 Å². The number of aliphatic hydroxyl groups is 1. The van der Waals surface area contributed by atoms with E-state index in [2.05, 4.69) is 11.8 Å². The van der Waals surface area contributed by atoms with Crippen molar-refractivity contribution >= 4 is 0 Å². The lowest BCUT2D eigenvalue weighted by atomic mass is 9.49. The first-order valence-electron chi connectivity index (χ1n) is 8.03. The normalized spacial score (nSPS) is 49.3. The molecule has 0 aromatic heterocycles. The number of β-amino-alcohol motifs (C(OH)–C–C–N with tert-alkyl or cyclic N) is 1. The molecule has 0 amide bonds. The largest absolute Gasteiger partial charge is 0.387 e. The van der Waals surface area contributed by atoms with Crippen molar-refractivity contribution in [3.05, 3.63) is 0 Å². The fourth-order valence-electron chi connectivity index (χ4n) is 6.08. The van der Waals surface area contributed by atoms with Crippen LogP contribution < -0.4 is 0 Å². The molecule has 102 valence electrons. The third-order valence-corrected chi connectivity index (χ3v) is 6.42. The van der Waals surface area contributed by atoms with E-state index in [0.717, 1.165) is 37.3 Å². The van der Waals surface area contributed by atoms with Gasteiger partial charge in [-0.1, -0.05) is 6.92 Å². The van der Waals surface area contributed by atoms with Crippen LogP contribution in [0.25, 0.3) is 0 Å². The van der Waals surface area contributed by atoms with Crippen LogP contribution in [-0.2, 0) is 0 Å². The quantitative estimate of drug-likeness (QED) is 0.831. The maximum absolute atomic E-state index is 10.2. The zero-order chi connectivity index (χ0) is 12.4. The third-order valence-electron chi connectivity index (χ3n) is 6.42. The Labute approximate surface area is 111 Å². The van der Waals surface area contributed by atoms with Gasteiger partial charge in [-0.25, -0.2) is 0 Å². The highest BCUT2D eigenvalue weighted by atomic mass is 16.3. The summed E-state index contributed by atoms with van der Waals surface area (Å²) in [5.74, 6) is 3.17. The van der Waals surface area contributed by atoms with Crippen molar-refractivity contribution in [2.75, 3.05) is 19.6 Å². The molecule has 1 N–H and O–H groups in total. The van der Waals surface area contributed by atoms with Crippen LogP contribution in [0.15, 0.2) is 0 Å². The van der Waals surface area contributed by atoms with Crippen LogP contribution in [0.5, 0.6) is 0 Å². The number of rotatable bonds is 3. The average Bonchev–Trinajstić information content (AvgIpc) is 2.24.